The number of rotatable bonds is 2. The summed E-state index contributed by atoms with van der Waals surface area (Å²) in [6, 6.07) is 5.87. The number of amides is 1. The smallest absolute Gasteiger partial charge is 0.254 e. The van der Waals surface area contributed by atoms with Gasteiger partial charge in [-0.3, -0.25) is 4.79 Å². The normalized spacial score (nSPS) is 19.3. The number of aryl methyl sites for hydroxylation is 2. The molecule has 1 aromatic carbocycles. The zero-order chi connectivity index (χ0) is 14.0. The van der Waals surface area contributed by atoms with Crippen LogP contribution in [0.5, 0.6) is 0 Å². The van der Waals surface area contributed by atoms with E-state index in [1.54, 1.807) is 0 Å². The van der Waals surface area contributed by atoms with Gasteiger partial charge in [-0.2, -0.15) is 0 Å². The number of nitrogens with zero attached hydrogens (tertiary/aromatic N) is 1. The minimum atomic E-state index is -0.0869. The molecule has 1 heterocycles. The molecule has 1 saturated heterocycles. The first-order valence-electron chi connectivity index (χ1n) is 6.68. The van der Waals surface area contributed by atoms with Crippen LogP contribution in [-0.2, 0) is 0 Å². The van der Waals surface area contributed by atoms with Crippen LogP contribution in [0, 0.1) is 13.8 Å². The van der Waals surface area contributed by atoms with Crippen molar-refractivity contribution in [2.45, 2.75) is 39.2 Å². The molecule has 102 valence electrons. The molecule has 0 bridgehead atoms. The monoisotopic (exact) mass is 276 g/mol. The van der Waals surface area contributed by atoms with E-state index in [1.807, 2.05) is 36.9 Å². The van der Waals surface area contributed by atoms with E-state index in [0.717, 1.165) is 42.5 Å². The Labute approximate surface area is 119 Å². The summed E-state index contributed by atoms with van der Waals surface area (Å²) in [6.07, 6.45) is 2.99. The molecule has 0 aromatic heterocycles. The van der Waals surface area contributed by atoms with Crippen LogP contribution in [0.4, 0.5) is 0 Å². The van der Waals surface area contributed by atoms with Gasteiger partial charge in [-0.1, -0.05) is 29.9 Å². The van der Waals surface area contributed by atoms with E-state index < -0.39 is 0 Å². The molecule has 2 rings (SSSR count). The number of piperidine rings is 1. The van der Waals surface area contributed by atoms with E-state index in [-0.39, 0.29) is 11.9 Å². The van der Waals surface area contributed by atoms with Gasteiger partial charge >= 0.3 is 0 Å². The van der Waals surface area contributed by atoms with Crippen molar-refractivity contribution in [3.63, 3.8) is 0 Å². The summed E-state index contributed by atoms with van der Waals surface area (Å²) in [4.78, 5) is 15.0. The molecule has 0 spiro atoms. The van der Waals surface area contributed by atoms with Crippen LogP contribution in [0.15, 0.2) is 18.2 Å². The minimum Gasteiger partial charge on any atom is -0.392 e. The van der Waals surface area contributed by atoms with Gasteiger partial charge in [0.1, 0.15) is 0 Å². The zero-order valence-electron chi connectivity index (χ0n) is 11.5. The fourth-order valence-corrected chi connectivity index (χ4v) is 2.84. The molecule has 1 aliphatic heterocycles. The molecule has 0 saturated carbocycles. The third kappa shape index (κ3) is 2.95. The largest absolute Gasteiger partial charge is 0.392 e. The Balaban J connectivity index is 2.31. The number of likely N-dealkylation sites (tertiary alicyclic amines) is 1. The maximum absolute atomic E-state index is 12.7. The van der Waals surface area contributed by atoms with Crippen LogP contribution >= 0.6 is 12.2 Å². The van der Waals surface area contributed by atoms with Crippen LogP contribution in [0.2, 0.25) is 0 Å². The highest BCUT2D eigenvalue weighted by atomic mass is 32.1. The Bertz CT molecular complexity index is 513. The van der Waals surface area contributed by atoms with Crippen LogP contribution in [0.3, 0.4) is 0 Å². The van der Waals surface area contributed by atoms with Gasteiger partial charge in [-0.15, -0.1) is 0 Å². The molecule has 1 fully saturated rings. The second-order valence-corrected chi connectivity index (χ2v) is 5.70. The lowest BCUT2D eigenvalue weighted by Gasteiger charge is -2.35. The molecule has 19 heavy (non-hydrogen) atoms. The summed E-state index contributed by atoms with van der Waals surface area (Å²) in [6.45, 7) is 4.71. The third-order valence-corrected chi connectivity index (χ3v) is 3.99. The molecule has 3 nitrogen and oxygen atoms in total. The highest BCUT2D eigenvalue weighted by Gasteiger charge is 2.29. The standard InChI is InChI=1S/C15H20N2OS/c1-10-6-7-11(2)12(9-10)15(18)17-8-4-3-5-13(17)14(16)19/h6-7,9,13H,3-5,8H2,1-2H3,(H2,16,19). The second-order valence-electron chi connectivity index (χ2n) is 5.23. The van der Waals surface area contributed by atoms with E-state index in [9.17, 15) is 4.79 Å². The van der Waals surface area contributed by atoms with Crippen LogP contribution in [0.1, 0.15) is 40.7 Å². The number of thiocarbonyl (C=S) groups is 1. The average molecular weight is 276 g/mol. The molecule has 1 aromatic rings. The van der Waals surface area contributed by atoms with E-state index >= 15 is 0 Å². The van der Waals surface area contributed by atoms with Crippen molar-refractivity contribution in [2.75, 3.05) is 6.54 Å². The van der Waals surface area contributed by atoms with Gasteiger partial charge < -0.3 is 10.6 Å². The number of hydrogen-bond donors (Lipinski definition) is 1. The van der Waals surface area contributed by atoms with Gasteiger partial charge in [0.2, 0.25) is 0 Å². The Morgan fingerprint density at radius 3 is 2.79 bits per heavy atom. The molecule has 1 unspecified atom stereocenters. The Morgan fingerprint density at radius 2 is 2.11 bits per heavy atom. The average Bonchev–Trinajstić information content (AvgIpc) is 2.40. The summed E-state index contributed by atoms with van der Waals surface area (Å²) in [5, 5.41) is 0. The van der Waals surface area contributed by atoms with Crippen molar-refractivity contribution in [1.29, 1.82) is 0 Å². The Morgan fingerprint density at radius 1 is 1.37 bits per heavy atom. The molecule has 0 radical (unpaired) electrons. The summed E-state index contributed by atoms with van der Waals surface area (Å²) in [5.74, 6) is 0.0544. The molecule has 2 N–H and O–H groups in total. The molecular formula is C15H20N2OS. The highest BCUT2D eigenvalue weighted by Crippen LogP contribution is 2.22. The van der Waals surface area contributed by atoms with Crippen LogP contribution < -0.4 is 5.73 Å². The molecule has 1 atom stereocenters. The van der Waals surface area contributed by atoms with Gasteiger partial charge in [-0.05, 0) is 44.7 Å². The summed E-state index contributed by atoms with van der Waals surface area (Å²) >= 11 is 5.10. The van der Waals surface area contributed by atoms with E-state index in [0.29, 0.717) is 4.99 Å². The molecule has 1 aliphatic rings. The van der Waals surface area contributed by atoms with Crippen molar-refractivity contribution in [1.82, 2.24) is 4.90 Å². The van der Waals surface area contributed by atoms with Gasteiger partial charge in [0.05, 0.1) is 11.0 Å². The summed E-state index contributed by atoms with van der Waals surface area (Å²) in [7, 11) is 0. The fraction of sp³-hybridized carbons (Fsp3) is 0.467. The quantitative estimate of drug-likeness (QED) is 0.845. The van der Waals surface area contributed by atoms with Gasteiger partial charge in [0, 0.05) is 12.1 Å². The molecule has 0 aliphatic carbocycles. The second kappa shape index (κ2) is 5.70. The Hall–Kier alpha value is -1.42. The number of nitrogens with two attached hydrogens (primary N) is 1. The fourth-order valence-electron chi connectivity index (χ4n) is 2.59. The van der Waals surface area contributed by atoms with E-state index in [1.165, 1.54) is 0 Å². The summed E-state index contributed by atoms with van der Waals surface area (Å²) in [5.41, 5.74) is 8.64. The maximum Gasteiger partial charge on any atom is 0.254 e. The van der Waals surface area contributed by atoms with Crippen molar-refractivity contribution < 1.29 is 4.79 Å². The van der Waals surface area contributed by atoms with Gasteiger partial charge in [-0.25, -0.2) is 0 Å². The minimum absolute atomic E-state index is 0.0544. The maximum atomic E-state index is 12.7. The van der Waals surface area contributed by atoms with Crippen molar-refractivity contribution in [2.24, 2.45) is 5.73 Å². The predicted molar refractivity (Wildman–Crippen MR) is 81.4 cm³/mol. The van der Waals surface area contributed by atoms with Crippen molar-refractivity contribution >= 4 is 23.1 Å². The lowest BCUT2D eigenvalue weighted by molar-refractivity contribution is 0.0680. The number of benzene rings is 1. The predicted octanol–water partition coefficient (Wildman–Crippen LogP) is 2.58. The first-order chi connectivity index (χ1) is 9.00. The summed E-state index contributed by atoms with van der Waals surface area (Å²) < 4.78 is 0. The highest BCUT2D eigenvalue weighted by molar-refractivity contribution is 7.80. The lowest BCUT2D eigenvalue weighted by Crippen LogP contribution is -2.49. The molecule has 1 amide bonds. The van der Waals surface area contributed by atoms with Gasteiger partial charge in [0.15, 0.2) is 0 Å². The number of carbonyl (C=O) groups excluding carboxylic acids is 1. The number of hydrogen-bond acceptors (Lipinski definition) is 2. The van der Waals surface area contributed by atoms with E-state index in [4.69, 9.17) is 18.0 Å². The van der Waals surface area contributed by atoms with Crippen LogP contribution in [0.25, 0.3) is 0 Å². The first kappa shape index (κ1) is 14.0. The van der Waals surface area contributed by atoms with Crippen LogP contribution in [-0.4, -0.2) is 28.4 Å². The van der Waals surface area contributed by atoms with Crippen molar-refractivity contribution in [3.8, 4) is 0 Å². The van der Waals surface area contributed by atoms with E-state index in [2.05, 4.69) is 0 Å². The zero-order valence-corrected chi connectivity index (χ0v) is 12.3. The SMILES string of the molecule is Cc1ccc(C)c(C(=O)N2CCCCC2C(N)=S)c1. The number of carbonyl (C=O) groups is 1. The third-order valence-electron chi connectivity index (χ3n) is 3.72. The molecule has 4 heteroatoms. The molecular weight excluding hydrogens is 256 g/mol. The Kier molecular flexibility index (Phi) is 4.20. The first-order valence-corrected chi connectivity index (χ1v) is 7.09. The lowest BCUT2D eigenvalue weighted by atomic mass is 9.98. The van der Waals surface area contributed by atoms with Gasteiger partial charge in [0.25, 0.3) is 5.91 Å². The topological polar surface area (TPSA) is 46.3 Å². The van der Waals surface area contributed by atoms with Crippen molar-refractivity contribution in [3.05, 3.63) is 34.9 Å².